The molecule has 2 aromatic carbocycles. The number of sulfonamides is 1. The summed E-state index contributed by atoms with van der Waals surface area (Å²) in [7, 11) is -8.45. The Hall–Kier alpha value is -3.12. The highest BCUT2D eigenvalue weighted by Crippen LogP contribution is 2.40. The molecule has 37 heavy (non-hydrogen) atoms. The Bertz CT molecular complexity index is 1660. The number of anilines is 1. The molecule has 1 N–H and O–H groups in total. The van der Waals surface area contributed by atoms with Crippen molar-refractivity contribution in [2.75, 3.05) is 4.72 Å². The molecule has 0 aliphatic rings. The summed E-state index contributed by atoms with van der Waals surface area (Å²) in [5, 5.41) is -1.79. The minimum Gasteiger partial charge on any atom is -0.267 e. The van der Waals surface area contributed by atoms with E-state index >= 15 is 0 Å². The Kier molecular flexibility index (Phi) is 7.79. The van der Waals surface area contributed by atoms with E-state index in [4.69, 9.17) is 23.2 Å². The maximum absolute atomic E-state index is 14.9. The molecule has 7 nitrogen and oxygen atoms in total. The average molecular weight is 584 g/mol. The molecule has 192 valence electrons. The van der Waals surface area contributed by atoms with Gasteiger partial charge in [0.25, 0.3) is 0 Å². The number of hydrogen-bond donors (Lipinski definition) is 1. The van der Waals surface area contributed by atoms with Crippen LogP contribution in [-0.2, 0) is 25.6 Å². The number of rotatable bonds is 8. The quantitative estimate of drug-likeness (QED) is 0.291. The summed E-state index contributed by atoms with van der Waals surface area (Å²) in [6.07, 6.45) is 3.90. The van der Waals surface area contributed by atoms with Crippen LogP contribution in [-0.4, -0.2) is 26.8 Å². The van der Waals surface area contributed by atoms with E-state index in [9.17, 15) is 25.6 Å². The van der Waals surface area contributed by atoms with Gasteiger partial charge in [0.2, 0.25) is 10.0 Å². The highest BCUT2D eigenvalue weighted by Gasteiger charge is 2.35. The van der Waals surface area contributed by atoms with E-state index in [2.05, 4.69) is 14.7 Å². The standard InChI is InChI=1S/C24H17Cl2F2N3O4S2/c25-16-1-4-18(5-2-16)37(34,35)24(20-11-17(27)3-6-22(20)28)19-12-23(30-13-21(19)26)31-36(32,33)14-15-7-9-29-10-8-15/h1-13,24H,14H2,(H,30,31). The second-order valence-corrected chi connectivity index (χ2v) is 12.5. The minimum atomic E-state index is -4.46. The van der Waals surface area contributed by atoms with Crippen molar-refractivity contribution < 1.29 is 25.6 Å². The zero-order valence-electron chi connectivity index (χ0n) is 18.6. The van der Waals surface area contributed by atoms with Gasteiger partial charge in [-0.3, -0.25) is 9.71 Å². The summed E-state index contributed by atoms with van der Waals surface area (Å²) in [6.45, 7) is 0. The van der Waals surface area contributed by atoms with Gasteiger partial charge in [-0.1, -0.05) is 23.2 Å². The third-order valence-corrected chi connectivity index (χ3v) is 9.09. The second kappa shape index (κ2) is 10.7. The van der Waals surface area contributed by atoms with E-state index in [1.165, 1.54) is 48.8 Å². The van der Waals surface area contributed by atoms with Gasteiger partial charge in [-0.25, -0.2) is 30.6 Å². The molecule has 0 aliphatic carbocycles. The van der Waals surface area contributed by atoms with Crippen molar-refractivity contribution in [2.45, 2.75) is 15.9 Å². The van der Waals surface area contributed by atoms with Crippen LogP contribution < -0.4 is 4.72 Å². The van der Waals surface area contributed by atoms with Gasteiger partial charge in [0, 0.05) is 29.2 Å². The normalized spacial score (nSPS) is 12.8. The van der Waals surface area contributed by atoms with E-state index in [1.54, 1.807) is 0 Å². The Labute approximate surface area is 222 Å². The first-order valence-electron chi connectivity index (χ1n) is 10.5. The molecule has 0 radical (unpaired) electrons. The number of nitrogens with zero attached hydrogens (tertiary/aromatic N) is 2. The number of hydrogen-bond acceptors (Lipinski definition) is 6. The molecule has 0 spiro atoms. The smallest absolute Gasteiger partial charge is 0.238 e. The van der Waals surface area contributed by atoms with Gasteiger partial charge >= 0.3 is 0 Å². The predicted octanol–water partition coefficient (Wildman–Crippen LogP) is 5.57. The maximum Gasteiger partial charge on any atom is 0.238 e. The monoisotopic (exact) mass is 583 g/mol. The van der Waals surface area contributed by atoms with Gasteiger partial charge in [0.15, 0.2) is 9.84 Å². The Balaban J connectivity index is 1.83. The van der Waals surface area contributed by atoms with Crippen LogP contribution in [0.1, 0.15) is 21.9 Å². The van der Waals surface area contributed by atoms with E-state index < -0.39 is 48.1 Å². The summed E-state index contributed by atoms with van der Waals surface area (Å²) in [4.78, 5) is 7.53. The van der Waals surface area contributed by atoms with Crippen LogP contribution in [0.2, 0.25) is 10.0 Å². The summed E-state index contributed by atoms with van der Waals surface area (Å²) >= 11 is 12.2. The van der Waals surface area contributed by atoms with Crippen molar-refractivity contribution in [3.63, 3.8) is 0 Å². The topological polar surface area (TPSA) is 106 Å². The SMILES string of the molecule is O=S(=O)(Cc1ccncc1)Nc1cc(C(c2cc(F)ccc2F)S(=O)(=O)c2ccc(Cl)cc2)c(Cl)cn1. The molecular formula is C24H17Cl2F2N3O4S2. The molecule has 4 rings (SSSR count). The van der Waals surface area contributed by atoms with E-state index in [1.807, 2.05) is 0 Å². The molecule has 13 heteroatoms. The predicted molar refractivity (Wildman–Crippen MR) is 137 cm³/mol. The van der Waals surface area contributed by atoms with Gasteiger partial charge in [0.05, 0.1) is 15.7 Å². The number of aromatic nitrogens is 2. The molecule has 2 heterocycles. The van der Waals surface area contributed by atoms with E-state index in [0.717, 1.165) is 30.5 Å². The minimum absolute atomic E-state index is 0.205. The highest BCUT2D eigenvalue weighted by molar-refractivity contribution is 7.92. The summed E-state index contributed by atoms with van der Waals surface area (Å²) < 4.78 is 84.3. The zero-order valence-corrected chi connectivity index (χ0v) is 21.8. The van der Waals surface area contributed by atoms with Crippen LogP contribution in [0.25, 0.3) is 0 Å². The average Bonchev–Trinajstić information content (AvgIpc) is 2.83. The van der Waals surface area contributed by atoms with Crippen molar-refractivity contribution >= 4 is 48.9 Å². The third-order valence-electron chi connectivity index (χ3n) is 5.23. The lowest BCUT2D eigenvalue weighted by Gasteiger charge is -2.21. The zero-order chi connectivity index (χ0) is 26.8. The first-order chi connectivity index (χ1) is 17.5. The van der Waals surface area contributed by atoms with Crippen molar-refractivity contribution in [3.8, 4) is 0 Å². The Morgan fingerprint density at radius 1 is 0.865 bits per heavy atom. The van der Waals surface area contributed by atoms with Crippen LogP contribution in [0, 0.1) is 11.6 Å². The molecule has 0 bridgehead atoms. The van der Waals surface area contributed by atoms with Crippen molar-refractivity contribution in [1.29, 1.82) is 0 Å². The van der Waals surface area contributed by atoms with Crippen LogP contribution in [0.15, 0.2) is 84.1 Å². The van der Waals surface area contributed by atoms with Gasteiger partial charge in [-0.15, -0.1) is 0 Å². The fourth-order valence-electron chi connectivity index (χ4n) is 3.58. The fraction of sp³-hybridized carbons (Fsp3) is 0.0833. The van der Waals surface area contributed by atoms with E-state index in [-0.39, 0.29) is 26.3 Å². The Morgan fingerprint density at radius 2 is 1.54 bits per heavy atom. The maximum atomic E-state index is 14.9. The third kappa shape index (κ3) is 6.24. The number of benzene rings is 2. The molecule has 0 saturated heterocycles. The number of halogens is 4. The van der Waals surface area contributed by atoms with Gasteiger partial charge < -0.3 is 0 Å². The van der Waals surface area contributed by atoms with Crippen molar-refractivity contribution in [1.82, 2.24) is 9.97 Å². The highest BCUT2D eigenvalue weighted by atomic mass is 35.5. The molecule has 0 amide bonds. The molecule has 2 aromatic heterocycles. The number of sulfone groups is 1. The lowest BCUT2D eigenvalue weighted by molar-refractivity contribution is 0.569. The van der Waals surface area contributed by atoms with Crippen LogP contribution in [0.4, 0.5) is 14.6 Å². The first-order valence-corrected chi connectivity index (χ1v) is 14.4. The number of pyridine rings is 2. The molecule has 0 saturated carbocycles. The fourth-order valence-corrected chi connectivity index (χ4v) is 6.95. The largest absolute Gasteiger partial charge is 0.267 e. The molecule has 4 aromatic rings. The molecule has 1 atom stereocenters. The van der Waals surface area contributed by atoms with Crippen LogP contribution in [0.3, 0.4) is 0 Å². The number of nitrogens with one attached hydrogen (secondary N) is 1. The van der Waals surface area contributed by atoms with Crippen LogP contribution in [0.5, 0.6) is 0 Å². The lowest BCUT2D eigenvalue weighted by atomic mass is 10.0. The Morgan fingerprint density at radius 3 is 2.22 bits per heavy atom. The van der Waals surface area contributed by atoms with Crippen molar-refractivity contribution in [3.05, 3.63) is 118 Å². The summed E-state index contributed by atoms with van der Waals surface area (Å²) in [6, 6.07) is 11.6. The van der Waals surface area contributed by atoms with Gasteiger partial charge in [-0.05, 0) is 71.8 Å². The molecule has 0 aliphatic heterocycles. The van der Waals surface area contributed by atoms with Crippen molar-refractivity contribution in [2.24, 2.45) is 0 Å². The van der Waals surface area contributed by atoms with Gasteiger partial charge in [0.1, 0.15) is 22.7 Å². The van der Waals surface area contributed by atoms with E-state index in [0.29, 0.717) is 5.56 Å². The first kappa shape index (κ1) is 26.9. The second-order valence-electron chi connectivity index (χ2n) is 7.85. The lowest BCUT2D eigenvalue weighted by Crippen LogP contribution is -2.19. The van der Waals surface area contributed by atoms with Gasteiger partial charge in [-0.2, -0.15) is 0 Å². The summed E-state index contributed by atoms with van der Waals surface area (Å²) in [5.41, 5.74) is -0.284. The van der Waals surface area contributed by atoms with Crippen LogP contribution >= 0.6 is 23.2 Å². The molecule has 0 fully saturated rings. The molecule has 1 unspecified atom stereocenters. The summed E-state index contributed by atoms with van der Waals surface area (Å²) in [5.74, 6) is -2.56. The molecular weight excluding hydrogens is 567 g/mol.